The van der Waals surface area contributed by atoms with Crippen LogP contribution in [0.4, 0.5) is 5.95 Å². The van der Waals surface area contributed by atoms with E-state index in [2.05, 4.69) is 48.2 Å². The molecule has 0 saturated carbocycles. The molecule has 0 spiro atoms. The maximum atomic E-state index is 11.9. The zero-order valence-corrected chi connectivity index (χ0v) is 12.1. The average Bonchev–Trinajstić information content (AvgIpc) is 2.39. The van der Waals surface area contributed by atoms with Crippen molar-refractivity contribution < 1.29 is 4.79 Å². The Labute approximate surface area is 119 Å². The maximum absolute atomic E-state index is 11.9. The third-order valence-corrected chi connectivity index (χ3v) is 3.00. The van der Waals surface area contributed by atoms with Gasteiger partial charge in [0.1, 0.15) is 0 Å². The Morgan fingerprint density at radius 1 is 1.10 bits per heavy atom. The van der Waals surface area contributed by atoms with Crippen molar-refractivity contribution in [2.45, 2.75) is 32.6 Å². The van der Waals surface area contributed by atoms with Crippen LogP contribution in [0, 0.1) is 0 Å². The van der Waals surface area contributed by atoms with Crippen molar-refractivity contribution in [2.75, 3.05) is 5.32 Å². The molecule has 0 atom stereocenters. The molecule has 0 aliphatic rings. The molecular formula is C16H19N3O. The van der Waals surface area contributed by atoms with E-state index in [1.165, 1.54) is 5.56 Å². The zero-order chi connectivity index (χ0) is 14.6. The number of nitrogens with zero attached hydrogens (tertiary/aromatic N) is 2. The normalized spacial score (nSPS) is 11.2. The lowest BCUT2D eigenvalue weighted by Crippen LogP contribution is -2.16. The molecule has 0 aliphatic carbocycles. The predicted molar refractivity (Wildman–Crippen MR) is 79.5 cm³/mol. The van der Waals surface area contributed by atoms with Crippen LogP contribution >= 0.6 is 0 Å². The molecule has 1 N–H and O–H groups in total. The van der Waals surface area contributed by atoms with Crippen LogP contribution < -0.4 is 5.32 Å². The van der Waals surface area contributed by atoms with E-state index in [9.17, 15) is 4.79 Å². The number of benzene rings is 1. The third kappa shape index (κ3) is 3.88. The molecule has 1 heterocycles. The first-order chi connectivity index (χ1) is 9.45. The fraction of sp³-hybridized carbons (Fsp3) is 0.312. The van der Waals surface area contributed by atoms with Gasteiger partial charge in [-0.3, -0.25) is 10.1 Å². The Hall–Kier alpha value is -2.23. The van der Waals surface area contributed by atoms with Crippen molar-refractivity contribution in [1.29, 1.82) is 0 Å². The van der Waals surface area contributed by atoms with Crippen molar-refractivity contribution >= 4 is 11.9 Å². The number of hydrogen-bond acceptors (Lipinski definition) is 3. The monoisotopic (exact) mass is 269 g/mol. The summed E-state index contributed by atoms with van der Waals surface area (Å²) in [6, 6.07) is 9.84. The number of hydrogen-bond donors (Lipinski definition) is 1. The van der Waals surface area contributed by atoms with E-state index in [4.69, 9.17) is 0 Å². The first-order valence-corrected chi connectivity index (χ1v) is 6.61. The second kappa shape index (κ2) is 5.82. The number of nitrogens with one attached hydrogen (secondary N) is 1. The van der Waals surface area contributed by atoms with Crippen molar-refractivity contribution in [3.05, 3.63) is 53.9 Å². The van der Waals surface area contributed by atoms with Gasteiger partial charge >= 0.3 is 0 Å². The van der Waals surface area contributed by atoms with E-state index < -0.39 is 0 Å². The highest BCUT2D eigenvalue weighted by molar-refractivity contribution is 5.90. The molecule has 1 aromatic carbocycles. The summed E-state index contributed by atoms with van der Waals surface area (Å²) in [5.74, 6) is 0.225. The highest BCUT2D eigenvalue weighted by Crippen LogP contribution is 2.22. The second-order valence-corrected chi connectivity index (χ2v) is 5.74. The van der Waals surface area contributed by atoms with Crippen LogP contribution in [0.2, 0.25) is 0 Å². The molecule has 0 bridgehead atoms. The van der Waals surface area contributed by atoms with Crippen LogP contribution in [0.1, 0.15) is 31.9 Å². The Bertz CT molecular complexity index is 571. The van der Waals surface area contributed by atoms with Gasteiger partial charge in [0.2, 0.25) is 11.9 Å². The second-order valence-electron chi connectivity index (χ2n) is 5.74. The summed E-state index contributed by atoms with van der Waals surface area (Å²) in [6.07, 6.45) is 3.52. The first kappa shape index (κ1) is 14.2. The summed E-state index contributed by atoms with van der Waals surface area (Å²) < 4.78 is 0. The maximum Gasteiger partial charge on any atom is 0.231 e. The average molecular weight is 269 g/mol. The van der Waals surface area contributed by atoms with Crippen molar-refractivity contribution in [3.63, 3.8) is 0 Å². The van der Waals surface area contributed by atoms with Crippen LogP contribution in [-0.4, -0.2) is 15.9 Å². The van der Waals surface area contributed by atoms with Crippen LogP contribution in [0.5, 0.6) is 0 Å². The molecule has 0 aliphatic heterocycles. The number of amides is 1. The summed E-state index contributed by atoms with van der Waals surface area (Å²) >= 11 is 0. The van der Waals surface area contributed by atoms with Crippen LogP contribution in [0.3, 0.4) is 0 Å². The van der Waals surface area contributed by atoms with Gasteiger partial charge < -0.3 is 0 Å². The summed E-state index contributed by atoms with van der Waals surface area (Å²) in [5.41, 5.74) is 2.36. The Morgan fingerprint density at radius 2 is 1.70 bits per heavy atom. The van der Waals surface area contributed by atoms with E-state index in [-0.39, 0.29) is 11.3 Å². The van der Waals surface area contributed by atoms with Gasteiger partial charge in [0.25, 0.3) is 0 Å². The van der Waals surface area contributed by atoms with E-state index >= 15 is 0 Å². The Kier molecular flexibility index (Phi) is 4.13. The number of carbonyl (C=O) groups excluding carboxylic acids is 1. The Morgan fingerprint density at radius 3 is 2.25 bits per heavy atom. The largest absolute Gasteiger partial charge is 0.294 e. The first-order valence-electron chi connectivity index (χ1n) is 6.61. The number of rotatable bonds is 3. The number of aromatic nitrogens is 2. The highest BCUT2D eigenvalue weighted by atomic mass is 16.1. The highest BCUT2D eigenvalue weighted by Gasteiger charge is 2.13. The van der Waals surface area contributed by atoms with E-state index in [1.54, 1.807) is 18.5 Å². The molecule has 0 radical (unpaired) electrons. The molecule has 0 fully saturated rings. The van der Waals surface area contributed by atoms with Gasteiger partial charge in [-0.25, -0.2) is 9.97 Å². The van der Waals surface area contributed by atoms with Gasteiger partial charge in [-0.15, -0.1) is 0 Å². The minimum absolute atomic E-state index is 0.111. The van der Waals surface area contributed by atoms with Gasteiger partial charge in [0.05, 0.1) is 6.42 Å². The van der Waals surface area contributed by atoms with Gasteiger partial charge in [0, 0.05) is 12.4 Å². The molecule has 2 aromatic rings. The fourth-order valence-electron chi connectivity index (χ4n) is 1.84. The summed E-state index contributed by atoms with van der Waals surface area (Å²) in [6.45, 7) is 6.50. The smallest absolute Gasteiger partial charge is 0.231 e. The quantitative estimate of drug-likeness (QED) is 0.932. The van der Waals surface area contributed by atoms with E-state index in [0.29, 0.717) is 12.4 Å². The van der Waals surface area contributed by atoms with Crippen LogP contribution in [0.15, 0.2) is 42.7 Å². The topological polar surface area (TPSA) is 54.9 Å². The minimum atomic E-state index is -0.111. The lowest BCUT2D eigenvalue weighted by Gasteiger charge is -2.19. The van der Waals surface area contributed by atoms with Crippen molar-refractivity contribution in [2.24, 2.45) is 0 Å². The molecule has 20 heavy (non-hydrogen) atoms. The van der Waals surface area contributed by atoms with Crippen molar-refractivity contribution in [1.82, 2.24) is 9.97 Å². The predicted octanol–water partition coefficient (Wildman–Crippen LogP) is 2.96. The third-order valence-electron chi connectivity index (χ3n) is 3.00. The lowest BCUT2D eigenvalue weighted by atomic mass is 9.86. The van der Waals surface area contributed by atoms with E-state index in [0.717, 1.165) is 5.56 Å². The van der Waals surface area contributed by atoms with Gasteiger partial charge in [0.15, 0.2) is 0 Å². The van der Waals surface area contributed by atoms with Crippen LogP contribution in [-0.2, 0) is 16.6 Å². The molecule has 4 heteroatoms. The fourth-order valence-corrected chi connectivity index (χ4v) is 1.84. The Balaban J connectivity index is 1.98. The molecule has 1 aromatic heterocycles. The minimum Gasteiger partial charge on any atom is -0.294 e. The SMILES string of the molecule is CC(C)(C)c1ccc(CC(=O)Nc2ncccn2)cc1. The zero-order valence-electron chi connectivity index (χ0n) is 12.1. The lowest BCUT2D eigenvalue weighted by molar-refractivity contribution is -0.115. The van der Waals surface area contributed by atoms with Gasteiger partial charge in [-0.1, -0.05) is 45.0 Å². The number of carbonyl (C=O) groups is 1. The molecule has 2 rings (SSSR count). The molecular weight excluding hydrogens is 250 g/mol. The molecule has 0 saturated heterocycles. The summed E-state index contributed by atoms with van der Waals surface area (Å²) in [4.78, 5) is 19.8. The summed E-state index contributed by atoms with van der Waals surface area (Å²) in [7, 11) is 0. The van der Waals surface area contributed by atoms with Gasteiger partial charge in [-0.05, 0) is 22.6 Å². The standard InChI is InChI=1S/C16H19N3O/c1-16(2,3)13-7-5-12(6-8-13)11-14(20)19-15-17-9-4-10-18-15/h4-10H,11H2,1-3H3,(H,17,18,19,20). The molecule has 1 amide bonds. The number of anilines is 1. The molecule has 104 valence electrons. The molecule has 0 unspecified atom stereocenters. The van der Waals surface area contributed by atoms with Gasteiger partial charge in [-0.2, -0.15) is 0 Å². The van der Waals surface area contributed by atoms with Crippen molar-refractivity contribution in [3.8, 4) is 0 Å². The molecule has 4 nitrogen and oxygen atoms in total. The van der Waals surface area contributed by atoms with E-state index in [1.807, 2.05) is 12.1 Å². The summed E-state index contributed by atoms with van der Waals surface area (Å²) in [5, 5.41) is 2.67. The van der Waals surface area contributed by atoms with Crippen LogP contribution in [0.25, 0.3) is 0 Å².